The van der Waals surface area contributed by atoms with E-state index in [0.717, 1.165) is 39.1 Å². The summed E-state index contributed by atoms with van der Waals surface area (Å²) in [5.74, 6) is 0. The third-order valence-corrected chi connectivity index (χ3v) is 3.91. The smallest absolute Gasteiger partial charge is 0.0480 e. The molecular formula is C16H22N2O. The van der Waals surface area contributed by atoms with Crippen LogP contribution < -0.4 is 5.32 Å². The second kappa shape index (κ2) is 6.22. The molecule has 2 heterocycles. The summed E-state index contributed by atoms with van der Waals surface area (Å²) in [6.45, 7) is 4.01. The van der Waals surface area contributed by atoms with Gasteiger partial charge < -0.3 is 14.6 Å². The number of para-hydroxylation sites is 1. The van der Waals surface area contributed by atoms with Crippen molar-refractivity contribution in [2.24, 2.45) is 0 Å². The van der Waals surface area contributed by atoms with Gasteiger partial charge >= 0.3 is 0 Å². The van der Waals surface area contributed by atoms with Crippen molar-refractivity contribution in [3.63, 3.8) is 0 Å². The number of benzene rings is 1. The first-order chi connectivity index (χ1) is 9.43. The molecule has 0 bridgehead atoms. The van der Waals surface area contributed by atoms with Crippen LogP contribution in [0, 0.1) is 0 Å². The van der Waals surface area contributed by atoms with Gasteiger partial charge in [0.05, 0.1) is 0 Å². The molecule has 1 aromatic heterocycles. The third-order valence-electron chi connectivity index (χ3n) is 3.91. The van der Waals surface area contributed by atoms with E-state index in [1.165, 1.54) is 17.3 Å². The zero-order valence-corrected chi connectivity index (χ0v) is 11.3. The highest BCUT2D eigenvalue weighted by atomic mass is 16.5. The molecular weight excluding hydrogens is 236 g/mol. The average Bonchev–Trinajstić information content (AvgIpc) is 2.88. The molecule has 0 spiro atoms. The Morgan fingerprint density at radius 2 is 2.00 bits per heavy atom. The molecule has 19 heavy (non-hydrogen) atoms. The van der Waals surface area contributed by atoms with Crippen LogP contribution in [-0.2, 0) is 11.3 Å². The van der Waals surface area contributed by atoms with E-state index in [4.69, 9.17) is 4.74 Å². The quantitative estimate of drug-likeness (QED) is 0.835. The van der Waals surface area contributed by atoms with E-state index in [1.807, 2.05) is 0 Å². The molecule has 1 aliphatic rings. The maximum absolute atomic E-state index is 5.37. The van der Waals surface area contributed by atoms with Gasteiger partial charge in [-0.2, -0.15) is 0 Å². The fraction of sp³-hybridized carbons (Fsp3) is 0.500. The lowest BCUT2D eigenvalue weighted by Gasteiger charge is -2.23. The minimum atomic E-state index is 0.662. The molecule has 0 atom stereocenters. The highest BCUT2D eigenvalue weighted by Crippen LogP contribution is 2.15. The average molecular weight is 258 g/mol. The lowest BCUT2D eigenvalue weighted by Crippen LogP contribution is -2.35. The van der Waals surface area contributed by atoms with E-state index in [2.05, 4.69) is 46.4 Å². The van der Waals surface area contributed by atoms with Gasteiger partial charge in [-0.15, -0.1) is 0 Å². The van der Waals surface area contributed by atoms with Gasteiger partial charge in [0.15, 0.2) is 0 Å². The molecule has 3 rings (SSSR count). The highest BCUT2D eigenvalue weighted by molar-refractivity contribution is 5.79. The highest BCUT2D eigenvalue weighted by Gasteiger charge is 2.12. The molecule has 0 amide bonds. The summed E-state index contributed by atoms with van der Waals surface area (Å²) in [6, 6.07) is 11.4. The van der Waals surface area contributed by atoms with E-state index in [9.17, 15) is 0 Å². The molecule has 3 nitrogen and oxygen atoms in total. The van der Waals surface area contributed by atoms with Crippen molar-refractivity contribution in [2.75, 3.05) is 19.8 Å². The lowest BCUT2D eigenvalue weighted by molar-refractivity contribution is 0.0779. The molecule has 0 unspecified atom stereocenters. The monoisotopic (exact) mass is 258 g/mol. The first kappa shape index (κ1) is 12.7. The normalized spacial score (nSPS) is 17.1. The van der Waals surface area contributed by atoms with Crippen LogP contribution in [0.1, 0.15) is 19.3 Å². The van der Waals surface area contributed by atoms with Gasteiger partial charge in [0, 0.05) is 37.5 Å². The number of fused-ring (bicyclic) bond motifs is 1. The van der Waals surface area contributed by atoms with Crippen LogP contribution >= 0.6 is 0 Å². The second-order valence-electron chi connectivity index (χ2n) is 5.26. The van der Waals surface area contributed by atoms with Crippen LogP contribution in [-0.4, -0.2) is 30.4 Å². The van der Waals surface area contributed by atoms with Gasteiger partial charge in [0.25, 0.3) is 0 Å². The maximum Gasteiger partial charge on any atom is 0.0480 e. The number of nitrogens with zero attached hydrogens (tertiary/aromatic N) is 1. The zero-order chi connectivity index (χ0) is 12.9. The molecule has 102 valence electrons. The Bertz CT molecular complexity index is 514. The number of aryl methyl sites for hydroxylation is 1. The minimum Gasteiger partial charge on any atom is -0.381 e. The van der Waals surface area contributed by atoms with E-state index in [-0.39, 0.29) is 0 Å². The van der Waals surface area contributed by atoms with Gasteiger partial charge in [-0.25, -0.2) is 0 Å². The summed E-state index contributed by atoms with van der Waals surface area (Å²) in [7, 11) is 0. The van der Waals surface area contributed by atoms with Crippen molar-refractivity contribution in [3.05, 3.63) is 36.5 Å². The number of hydrogen-bond acceptors (Lipinski definition) is 2. The van der Waals surface area contributed by atoms with Gasteiger partial charge in [0.2, 0.25) is 0 Å². The van der Waals surface area contributed by atoms with E-state index in [0.29, 0.717) is 6.04 Å². The molecule has 2 aromatic rings. The van der Waals surface area contributed by atoms with Crippen molar-refractivity contribution >= 4 is 10.9 Å². The summed E-state index contributed by atoms with van der Waals surface area (Å²) in [5.41, 5.74) is 1.34. The van der Waals surface area contributed by atoms with Crippen LogP contribution in [0.15, 0.2) is 36.5 Å². The fourth-order valence-corrected chi connectivity index (χ4v) is 2.79. The topological polar surface area (TPSA) is 26.2 Å². The summed E-state index contributed by atoms with van der Waals surface area (Å²) >= 11 is 0. The molecule has 0 radical (unpaired) electrons. The van der Waals surface area contributed by atoms with Crippen LogP contribution in [0.3, 0.4) is 0 Å². The van der Waals surface area contributed by atoms with Crippen LogP contribution in [0.25, 0.3) is 10.9 Å². The molecule has 1 fully saturated rings. The Hall–Kier alpha value is -1.32. The van der Waals surface area contributed by atoms with Gasteiger partial charge in [-0.3, -0.25) is 0 Å². The third kappa shape index (κ3) is 3.17. The van der Waals surface area contributed by atoms with Crippen molar-refractivity contribution in [2.45, 2.75) is 31.8 Å². The summed E-state index contributed by atoms with van der Waals surface area (Å²) in [4.78, 5) is 0. The van der Waals surface area contributed by atoms with Crippen LogP contribution in [0.2, 0.25) is 0 Å². The van der Waals surface area contributed by atoms with Crippen molar-refractivity contribution in [1.29, 1.82) is 0 Å². The number of aromatic nitrogens is 1. The van der Waals surface area contributed by atoms with E-state index in [1.54, 1.807) is 0 Å². The van der Waals surface area contributed by atoms with Crippen molar-refractivity contribution < 1.29 is 4.74 Å². The molecule has 1 saturated heterocycles. The van der Waals surface area contributed by atoms with E-state index < -0.39 is 0 Å². The van der Waals surface area contributed by atoms with Gasteiger partial charge in [-0.1, -0.05) is 18.2 Å². The molecule has 0 aliphatic carbocycles. The molecule has 1 N–H and O–H groups in total. The lowest BCUT2D eigenvalue weighted by atomic mass is 10.1. The van der Waals surface area contributed by atoms with Crippen LogP contribution in [0.5, 0.6) is 0 Å². The second-order valence-corrected chi connectivity index (χ2v) is 5.26. The molecule has 3 heteroatoms. The summed E-state index contributed by atoms with van der Waals surface area (Å²) in [5, 5.41) is 4.97. The van der Waals surface area contributed by atoms with Gasteiger partial charge in [-0.05, 0) is 43.3 Å². The van der Waals surface area contributed by atoms with Crippen molar-refractivity contribution in [1.82, 2.24) is 9.88 Å². The first-order valence-electron chi connectivity index (χ1n) is 7.28. The Morgan fingerprint density at radius 3 is 2.89 bits per heavy atom. The standard InChI is InChI=1S/C16H22N2O/c1-2-5-16-14(4-1)6-11-18(16)10-3-9-17-15-7-12-19-13-8-15/h1-2,4-6,11,15,17H,3,7-10,12-13H2. The predicted molar refractivity (Wildman–Crippen MR) is 78.4 cm³/mol. The SMILES string of the molecule is c1ccc2c(c1)ccn2CCCNC1CCOCC1. The van der Waals surface area contributed by atoms with Crippen LogP contribution in [0.4, 0.5) is 0 Å². The maximum atomic E-state index is 5.37. The van der Waals surface area contributed by atoms with Gasteiger partial charge in [0.1, 0.15) is 0 Å². The summed E-state index contributed by atoms with van der Waals surface area (Å²) < 4.78 is 7.72. The molecule has 1 aromatic carbocycles. The molecule has 1 aliphatic heterocycles. The predicted octanol–water partition coefficient (Wildman–Crippen LogP) is 2.80. The Labute approximate surface area is 114 Å². The first-order valence-corrected chi connectivity index (χ1v) is 7.28. The molecule has 0 saturated carbocycles. The zero-order valence-electron chi connectivity index (χ0n) is 11.3. The number of ether oxygens (including phenoxy) is 1. The number of rotatable bonds is 5. The number of hydrogen-bond donors (Lipinski definition) is 1. The van der Waals surface area contributed by atoms with E-state index >= 15 is 0 Å². The Morgan fingerprint density at radius 1 is 1.16 bits per heavy atom. The fourth-order valence-electron chi connectivity index (χ4n) is 2.79. The largest absolute Gasteiger partial charge is 0.381 e. The number of nitrogens with one attached hydrogen (secondary N) is 1. The Kier molecular flexibility index (Phi) is 4.16. The minimum absolute atomic E-state index is 0.662. The Balaban J connectivity index is 1.47. The van der Waals surface area contributed by atoms with Crippen molar-refractivity contribution in [3.8, 4) is 0 Å². The summed E-state index contributed by atoms with van der Waals surface area (Å²) in [6.07, 6.45) is 5.69.